The molecule has 0 saturated carbocycles. The van der Waals surface area contributed by atoms with Gasteiger partial charge in [0.15, 0.2) is 0 Å². The van der Waals surface area contributed by atoms with Crippen LogP contribution in [0.5, 0.6) is 0 Å². The first-order valence-corrected chi connectivity index (χ1v) is 4.23. The van der Waals surface area contributed by atoms with Crippen molar-refractivity contribution in [1.29, 1.82) is 5.26 Å². The molecule has 0 bridgehead atoms. The predicted octanol–water partition coefficient (Wildman–Crippen LogP) is 3.28. The van der Waals surface area contributed by atoms with Crippen LogP contribution in [0.4, 0.5) is 0 Å². The molecular formula is C10H17N. The van der Waals surface area contributed by atoms with Gasteiger partial charge in [0.25, 0.3) is 0 Å². The van der Waals surface area contributed by atoms with Gasteiger partial charge in [0.2, 0.25) is 0 Å². The van der Waals surface area contributed by atoms with Gasteiger partial charge < -0.3 is 0 Å². The van der Waals surface area contributed by atoms with Crippen molar-refractivity contribution in [2.45, 2.75) is 39.5 Å². The standard InChI is InChI=1S/C10H17N/c1-4-6-7-8-10(3,5-2)9-11/h5H,2,4,6-8H2,1,3H3. The fourth-order valence-corrected chi connectivity index (χ4v) is 0.946. The SMILES string of the molecule is C=CC(C)(C#N)CCCCC. The van der Waals surface area contributed by atoms with Gasteiger partial charge in [-0.1, -0.05) is 32.3 Å². The monoisotopic (exact) mass is 151 g/mol. The molecule has 11 heavy (non-hydrogen) atoms. The molecule has 0 fully saturated rings. The number of hydrogen-bond acceptors (Lipinski definition) is 1. The van der Waals surface area contributed by atoms with E-state index in [0.29, 0.717) is 0 Å². The minimum Gasteiger partial charge on any atom is -0.197 e. The Morgan fingerprint density at radius 1 is 1.55 bits per heavy atom. The van der Waals surface area contributed by atoms with Crippen LogP contribution in [0, 0.1) is 16.7 Å². The van der Waals surface area contributed by atoms with Crippen molar-refractivity contribution < 1.29 is 0 Å². The summed E-state index contributed by atoms with van der Waals surface area (Å²) in [4.78, 5) is 0. The molecule has 0 rings (SSSR count). The van der Waals surface area contributed by atoms with Crippen LogP contribution in [0.3, 0.4) is 0 Å². The van der Waals surface area contributed by atoms with Gasteiger partial charge in [0.1, 0.15) is 0 Å². The van der Waals surface area contributed by atoms with Crippen LogP contribution in [-0.4, -0.2) is 0 Å². The second-order valence-electron chi connectivity index (χ2n) is 3.19. The molecular weight excluding hydrogens is 134 g/mol. The van der Waals surface area contributed by atoms with E-state index in [9.17, 15) is 0 Å². The van der Waals surface area contributed by atoms with E-state index in [0.717, 1.165) is 12.8 Å². The molecule has 1 heteroatoms. The summed E-state index contributed by atoms with van der Waals surface area (Å²) in [6, 6.07) is 2.27. The third-order valence-corrected chi connectivity index (χ3v) is 2.01. The molecule has 1 nitrogen and oxygen atoms in total. The Hall–Kier alpha value is -0.770. The molecule has 0 saturated heterocycles. The average Bonchev–Trinajstić information content (AvgIpc) is 2.05. The van der Waals surface area contributed by atoms with Crippen LogP contribution in [0.25, 0.3) is 0 Å². The first-order valence-electron chi connectivity index (χ1n) is 4.23. The zero-order chi connectivity index (χ0) is 8.74. The summed E-state index contributed by atoms with van der Waals surface area (Å²) in [5, 5.41) is 8.76. The summed E-state index contributed by atoms with van der Waals surface area (Å²) in [7, 11) is 0. The second kappa shape index (κ2) is 4.96. The van der Waals surface area contributed by atoms with Crippen LogP contribution < -0.4 is 0 Å². The maximum absolute atomic E-state index is 8.76. The van der Waals surface area contributed by atoms with Gasteiger partial charge in [0, 0.05) is 0 Å². The van der Waals surface area contributed by atoms with Crippen molar-refractivity contribution in [3.8, 4) is 6.07 Å². The highest BCUT2D eigenvalue weighted by Gasteiger charge is 2.17. The molecule has 0 radical (unpaired) electrons. The zero-order valence-corrected chi connectivity index (χ0v) is 7.56. The number of hydrogen-bond donors (Lipinski definition) is 0. The maximum atomic E-state index is 8.76. The van der Waals surface area contributed by atoms with E-state index in [1.807, 2.05) is 6.92 Å². The highest BCUT2D eigenvalue weighted by atomic mass is 14.3. The lowest BCUT2D eigenvalue weighted by Gasteiger charge is -2.15. The summed E-state index contributed by atoms with van der Waals surface area (Å²) in [5.74, 6) is 0. The lowest BCUT2D eigenvalue weighted by Crippen LogP contribution is -2.08. The molecule has 0 heterocycles. The van der Waals surface area contributed by atoms with E-state index in [1.54, 1.807) is 6.08 Å². The van der Waals surface area contributed by atoms with Gasteiger partial charge in [-0.05, 0) is 13.3 Å². The third kappa shape index (κ3) is 3.83. The second-order valence-corrected chi connectivity index (χ2v) is 3.19. The zero-order valence-electron chi connectivity index (χ0n) is 7.56. The van der Waals surface area contributed by atoms with Gasteiger partial charge in [-0.15, -0.1) is 6.58 Å². The smallest absolute Gasteiger partial charge is 0.0728 e. The quantitative estimate of drug-likeness (QED) is 0.437. The van der Waals surface area contributed by atoms with Gasteiger partial charge in [-0.25, -0.2) is 0 Å². The van der Waals surface area contributed by atoms with Crippen LogP contribution in [0.2, 0.25) is 0 Å². The van der Waals surface area contributed by atoms with E-state index in [2.05, 4.69) is 19.6 Å². The number of allylic oxidation sites excluding steroid dienone is 1. The van der Waals surface area contributed by atoms with Gasteiger partial charge in [0.05, 0.1) is 11.5 Å². The highest BCUT2D eigenvalue weighted by Crippen LogP contribution is 2.24. The topological polar surface area (TPSA) is 23.8 Å². The lowest BCUT2D eigenvalue weighted by atomic mass is 9.87. The summed E-state index contributed by atoms with van der Waals surface area (Å²) in [6.07, 6.45) is 6.25. The molecule has 62 valence electrons. The molecule has 0 N–H and O–H groups in total. The van der Waals surface area contributed by atoms with Crippen LogP contribution in [-0.2, 0) is 0 Å². The van der Waals surface area contributed by atoms with E-state index in [1.165, 1.54) is 12.8 Å². The minimum atomic E-state index is -0.296. The Labute approximate surface area is 69.7 Å². The molecule has 0 amide bonds. The normalized spacial score (nSPS) is 15.0. The number of unbranched alkanes of at least 4 members (excludes halogenated alkanes) is 2. The minimum absolute atomic E-state index is 0.296. The Bertz CT molecular complexity index is 155. The first kappa shape index (κ1) is 10.2. The third-order valence-electron chi connectivity index (χ3n) is 2.01. The molecule has 1 atom stereocenters. The molecule has 0 aromatic rings. The number of nitrogens with zero attached hydrogens (tertiary/aromatic N) is 1. The molecule has 0 aliphatic rings. The Balaban J connectivity index is 3.72. The maximum Gasteiger partial charge on any atom is 0.0728 e. The largest absolute Gasteiger partial charge is 0.197 e. The fourth-order valence-electron chi connectivity index (χ4n) is 0.946. The predicted molar refractivity (Wildman–Crippen MR) is 48.1 cm³/mol. The summed E-state index contributed by atoms with van der Waals surface area (Å²) in [5.41, 5.74) is -0.296. The molecule has 1 unspecified atom stereocenters. The summed E-state index contributed by atoms with van der Waals surface area (Å²) < 4.78 is 0. The Morgan fingerprint density at radius 2 is 2.18 bits per heavy atom. The molecule has 0 aliphatic heterocycles. The van der Waals surface area contributed by atoms with Crippen LogP contribution >= 0.6 is 0 Å². The van der Waals surface area contributed by atoms with Crippen LogP contribution in [0.15, 0.2) is 12.7 Å². The van der Waals surface area contributed by atoms with E-state index in [-0.39, 0.29) is 5.41 Å². The average molecular weight is 151 g/mol. The van der Waals surface area contributed by atoms with Gasteiger partial charge >= 0.3 is 0 Å². The Morgan fingerprint density at radius 3 is 2.55 bits per heavy atom. The Kier molecular flexibility index (Phi) is 4.61. The molecule has 0 aromatic heterocycles. The first-order chi connectivity index (χ1) is 5.18. The van der Waals surface area contributed by atoms with Crippen molar-refractivity contribution in [2.24, 2.45) is 5.41 Å². The van der Waals surface area contributed by atoms with Gasteiger partial charge in [-0.3, -0.25) is 0 Å². The molecule has 0 spiro atoms. The molecule has 0 aliphatic carbocycles. The highest BCUT2D eigenvalue weighted by molar-refractivity contribution is 5.06. The van der Waals surface area contributed by atoms with E-state index >= 15 is 0 Å². The summed E-state index contributed by atoms with van der Waals surface area (Å²) in [6.45, 7) is 7.76. The number of rotatable bonds is 5. The lowest BCUT2D eigenvalue weighted by molar-refractivity contribution is 0.478. The van der Waals surface area contributed by atoms with Crippen molar-refractivity contribution in [3.63, 3.8) is 0 Å². The molecule has 0 aromatic carbocycles. The van der Waals surface area contributed by atoms with Gasteiger partial charge in [-0.2, -0.15) is 5.26 Å². The van der Waals surface area contributed by atoms with E-state index < -0.39 is 0 Å². The van der Waals surface area contributed by atoms with Crippen molar-refractivity contribution >= 4 is 0 Å². The fraction of sp³-hybridized carbons (Fsp3) is 0.700. The van der Waals surface area contributed by atoms with E-state index in [4.69, 9.17) is 5.26 Å². The summed E-state index contributed by atoms with van der Waals surface area (Å²) >= 11 is 0. The van der Waals surface area contributed by atoms with Crippen molar-refractivity contribution in [3.05, 3.63) is 12.7 Å². The van der Waals surface area contributed by atoms with Crippen LogP contribution in [0.1, 0.15) is 39.5 Å². The number of nitriles is 1. The van der Waals surface area contributed by atoms with Crippen molar-refractivity contribution in [2.75, 3.05) is 0 Å². The van der Waals surface area contributed by atoms with Crippen molar-refractivity contribution in [1.82, 2.24) is 0 Å².